The number of rotatable bonds is 7. The molecule has 0 aliphatic carbocycles. The summed E-state index contributed by atoms with van der Waals surface area (Å²) in [4.78, 5) is 13.5. The molecule has 5 heteroatoms. The summed E-state index contributed by atoms with van der Waals surface area (Å²) in [6.45, 7) is 13.3. The molecule has 1 rings (SSSR count). The fourth-order valence-electron chi connectivity index (χ4n) is 2.20. The van der Waals surface area contributed by atoms with Crippen LogP contribution in [0.2, 0.25) is 0 Å². The maximum absolute atomic E-state index is 11.9. The van der Waals surface area contributed by atoms with Crippen LogP contribution >= 0.6 is 0 Å². The van der Waals surface area contributed by atoms with E-state index in [-0.39, 0.29) is 6.09 Å². The van der Waals surface area contributed by atoms with Gasteiger partial charge < -0.3 is 19.5 Å². The summed E-state index contributed by atoms with van der Waals surface area (Å²) in [7, 11) is 1.78. The molecule has 1 atom stereocenters. The molecule has 0 radical (unpaired) electrons. The number of carbonyl (C=O) groups is 1. The van der Waals surface area contributed by atoms with Gasteiger partial charge in [-0.05, 0) is 51.8 Å². The largest absolute Gasteiger partial charge is 0.444 e. The molecule has 0 spiro atoms. The Balaban J connectivity index is 2.27. The summed E-state index contributed by atoms with van der Waals surface area (Å²) in [5.74, 6) is 0.366. The molecular weight excluding hydrogens is 278 g/mol. The first-order chi connectivity index (χ1) is 10.2. The number of hydrogen-bond acceptors (Lipinski definition) is 3. The van der Waals surface area contributed by atoms with Gasteiger partial charge in [0.1, 0.15) is 5.60 Å². The molecule has 0 aliphatic heterocycles. The number of nitrogens with one attached hydrogen (secondary N) is 1. The zero-order valence-corrected chi connectivity index (χ0v) is 14.8. The Bertz CT molecular complexity index is 463. The summed E-state index contributed by atoms with van der Waals surface area (Å²) in [6, 6.07) is 2.13. The van der Waals surface area contributed by atoms with Gasteiger partial charge in [0, 0.05) is 39.1 Å². The highest BCUT2D eigenvalue weighted by Crippen LogP contribution is 2.10. The van der Waals surface area contributed by atoms with Crippen LogP contribution in [0.3, 0.4) is 0 Å². The molecule has 0 bridgehead atoms. The Morgan fingerprint density at radius 3 is 2.68 bits per heavy atom. The van der Waals surface area contributed by atoms with Crippen LogP contribution in [-0.4, -0.2) is 41.3 Å². The van der Waals surface area contributed by atoms with Gasteiger partial charge in [-0.25, -0.2) is 4.79 Å². The van der Waals surface area contributed by atoms with Gasteiger partial charge in [-0.1, -0.05) is 6.92 Å². The lowest BCUT2D eigenvalue weighted by Gasteiger charge is -2.26. The molecule has 0 saturated carbocycles. The molecule has 5 nitrogen and oxygen atoms in total. The standard InChI is InChI=1S/C17H31N3O2/c1-7-20-9-8-15(13-20)11-18-10-14(2)12-19(6)16(21)22-17(3,4)5/h8-9,13-14,18H,7,10-12H2,1-6H3. The molecular formula is C17H31N3O2. The third-order valence-corrected chi connectivity index (χ3v) is 3.29. The number of ether oxygens (including phenoxy) is 1. The molecule has 126 valence electrons. The molecule has 1 aromatic heterocycles. The summed E-state index contributed by atoms with van der Waals surface area (Å²) in [5.41, 5.74) is 0.841. The number of hydrogen-bond donors (Lipinski definition) is 1. The normalized spacial score (nSPS) is 13.0. The SMILES string of the molecule is CCn1ccc(CNCC(C)CN(C)C(=O)OC(C)(C)C)c1. The zero-order valence-electron chi connectivity index (χ0n) is 14.8. The summed E-state index contributed by atoms with van der Waals surface area (Å²) >= 11 is 0. The monoisotopic (exact) mass is 309 g/mol. The third kappa shape index (κ3) is 6.98. The highest BCUT2D eigenvalue weighted by Gasteiger charge is 2.20. The van der Waals surface area contributed by atoms with Crippen molar-refractivity contribution in [2.75, 3.05) is 20.1 Å². The minimum absolute atomic E-state index is 0.264. The minimum atomic E-state index is -0.445. The first kappa shape index (κ1) is 18.6. The smallest absolute Gasteiger partial charge is 0.410 e. The Morgan fingerprint density at radius 1 is 1.45 bits per heavy atom. The van der Waals surface area contributed by atoms with E-state index in [0.29, 0.717) is 12.5 Å². The van der Waals surface area contributed by atoms with E-state index in [2.05, 4.69) is 42.2 Å². The van der Waals surface area contributed by atoms with E-state index >= 15 is 0 Å². The topological polar surface area (TPSA) is 46.5 Å². The van der Waals surface area contributed by atoms with Gasteiger partial charge in [-0.3, -0.25) is 0 Å². The molecule has 1 unspecified atom stereocenters. The second-order valence-corrected chi connectivity index (χ2v) is 6.95. The molecule has 0 aliphatic rings. The van der Waals surface area contributed by atoms with Gasteiger partial charge in [-0.15, -0.1) is 0 Å². The van der Waals surface area contributed by atoms with Crippen molar-refractivity contribution in [1.82, 2.24) is 14.8 Å². The van der Waals surface area contributed by atoms with Crippen LogP contribution in [0.1, 0.15) is 40.2 Å². The second kappa shape index (κ2) is 8.22. The van der Waals surface area contributed by atoms with Gasteiger partial charge in [0.15, 0.2) is 0 Å². The van der Waals surface area contributed by atoms with Crippen LogP contribution in [-0.2, 0) is 17.8 Å². The minimum Gasteiger partial charge on any atom is -0.444 e. The highest BCUT2D eigenvalue weighted by molar-refractivity contribution is 5.67. The van der Waals surface area contributed by atoms with E-state index in [9.17, 15) is 4.79 Å². The van der Waals surface area contributed by atoms with Gasteiger partial charge in [0.2, 0.25) is 0 Å². The molecule has 0 saturated heterocycles. The van der Waals surface area contributed by atoms with Crippen molar-refractivity contribution in [3.05, 3.63) is 24.0 Å². The summed E-state index contributed by atoms with van der Waals surface area (Å²) in [5, 5.41) is 3.44. The van der Waals surface area contributed by atoms with Crippen LogP contribution in [0.15, 0.2) is 18.5 Å². The van der Waals surface area contributed by atoms with Gasteiger partial charge in [-0.2, -0.15) is 0 Å². The van der Waals surface area contributed by atoms with Crippen molar-refractivity contribution in [3.63, 3.8) is 0 Å². The highest BCUT2D eigenvalue weighted by atomic mass is 16.6. The van der Waals surface area contributed by atoms with Crippen molar-refractivity contribution in [1.29, 1.82) is 0 Å². The average Bonchev–Trinajstić information content (AvgIpc) is 2.84. The third-order valence-electron chi connectivity index (χ3n) is 3.29. The van der Waals surface area contributed by atoms with Crippen molar-refractivity contribution >= 4 is 6.09 Å². The van der Waals surface area contributed by atoms with Crippen molar-refractivity contribution in [3.8, 4) is 0 Å². The molecule has 0 fully saturated rings. The van der Waals surface area contributed by atoms with E-state index in [1.807, 2.05) is 20.8 Å². The molecule has 1 amide bonds. The number of aryl methyl sites for hydroxylation is 1. The lowest BCUT2D eigenvalue weighted by Crippen LogP contribution is -2.38. The first-order valence-electron chi connectivity index (χ1n) is 8.00. The van der Waals surface area contributed by atoms with Crippen LogP contribution in [0.25, 0.3) is 0 Å². The average molecular weight is 309 g/mol. The maximum atomic E-state index is 11.9. The van der Waals surface area contributed by atoms with Crippen molar-refractivity contribution in [2.24, 2.45) is 5.92 Å². The lowest BCUT2D eigenvalue weighted by atomic mass is 10.1. The fraction of sp³-hybridized carbons (Fsp3) is 0.706. The Hall–Kier alpha value is -1.49. The molecule has 1 heterocycles. The Labute approximate surface area is 134 Å². The summed E-state index contributed by atoms with van der Waals surface area (Å²) in [6.07, 6.45) is 3.99. The predicted octanol–water partition coefficient (Wildman–Crippen LogP) is 3.10. The van der Waals surface area contributed by atoms with E-state index in [4.69, 9.17) is 4.74 Å². The Kier molecular flexibility index (Phi) is 6.94. The molecule has 1 N–H and O–H groups in total. The van der Waals surface area contributed by atoms with E-state index in [1.165, 1.54) is 5.56 Å². The zero-order chi connectivity index (χ0) is 16.8. The summed E-state index contributed by atoms with van der Waals surface area (Å²) < 4.78 is 7.52. The maximum Gasteiger partial charge on any atom is 0.410 e. The van der Waals surface area contributed by atoms with Crippen LogP contribution in [0.5, 0.6) is 0 Å². The van der Waals surface area contributed by atoms with Gasteiger partial charge in [0.25, 0.3) is 0 Å². The molecule has 22 heavy (non-hydrogen) atoms. The second-order valence-electron chi connectivity index (χ2n) is 6.95. The van der Waals surface area contributed by atoms with E-state index < -0.39 is 5.60 Å². The quantitative estimate of drug-likeness (QED) is 0.842. The van der Waals surface area contributed by atoms with E-state index in [1.54, 1.807) is 11.9 Å². The van der Waals surface area contributed by atoms with Crippen LogP contribution < -0.4 is 5.32 Å². The van der Waals surface area contributed by atoms with Crippen molar-refractivity contribution < 1.29 is 9.53 Å². The predicted molar refractivity (Wildman–Crippen MR) is 89.8 cm³/mol. The molecule has 1 aromatic rings. The number of amides is 1. The van der Waals surface area contributed by atoms with Gasteiger partial charge >= 0.3 is 6.09 Å². The molecule has 0 aromatic carbocycles. The first-order valence-corrected chi connectivity index (χ1v) is 8.00. The van der Waals surface area contributed by atoms with Gasteiger partial charge in [0.05, 0.1) is 0 Å². The Morgan fingerprint density at radius 2 is 2.14 bits per heavy atom. The van der Waals surface area contributed by atoms with E-state index in [0.717, 1.165) is 19.6 Å². The fourth-order valence-corrected chi connectivity index (χ4v) is 2.20. The van der Waals surface area contributed by atoms with Crippen LogP contribution in [0.4, 0.5) is 4.79 Å². The van der Waals surface area contributed by atoms with Crippen LogP contribution in [0, 0.1) is 5.92 Å². The number of carbonyl (C=O) groups excluding carboxylic acids is 1. The van der Waals surface area contributed by atoms with Crippen molar-refractivity contribution in [2.45, 2.75) is 53.3 Å². The number of aromatic nitrogens is 1. The lowest BCUT2D eigenvalue weighted by molar-refractivity contribution is 0.0277. The number of nitrogens with zero attached hydrogens (tertiary/aromatic N) is 2.